The van der Waals surface area contributed by atoms with Crippen LogP contribution in [0, 0.1) is 0 Å². The number of rotatable bonds is 4. The summed E-state index contributed by atoms with van der Waals surface area (Å²) in [5.74, 6) is -0.240. The first-order valence-electron chi connectivity index (χ1n) is 10.5. The Bertz CT molecular complexity index is 1270. The first-order valence-corrected chi connectivity index (χ1v) is 11.4. The molecule has 6 heteroatoms. The van der Waals surface area contributed by atoms with E-state index in [1.165, 1.54) is 11.3 Å². The number of carbonyl (C=O) groups is 2. The number of carbonyl (C=O) groups excluding carboxylic acids is 2. The van der Waals surface area contributed by atoms with Crippen molar-refractivity contribution < 1.29 is 9.59 Å². The highest BCUT2D eigenvalue weighted by Crippen LogP contribution is 2.31. The second-order valence-electron chi connectivity index (χ2n) is 7.63. The Morgan fingerprint density at radius 1 is 0.938 bits per heavy atom. The molecular formula is C26H21N3O2S. The van der Waals surface area contributed by atoms with Gasteiger partial charge in [0.1, 0.15) is 10.7 Å². The van der Waals surface area contributed by atoms with Crippen LogP contribution in [0.4, 0.5) is 11.4 Å². The largest absolute Gasteiger partial charge is 0.321 e. The van der Waals surface area contributed by atoms with E-state index in [0.717, 1.165) is 34.7 Å². The summed E-state index contributed by atoms with van der Waals surface area (Å²) in [7, 11) is 0. The SMILES string of the molecule is O=C(Nc1ccc2c(c1)CCCN2C(=O)c1ccccc1)c1csc(-c2ccccc2)n1. The van der Waals surface area contributed by atoms with Crippen LogP contribution in [-0.2, 0) is 6.42 Å². The van der Waals surface area contributed by atoms with Crippen molar-refractivity contribution in [3.8, 4) is 10.6 Å². The summed E-state index contributed by atoms with van der Waals surface area (Å²) in [4.78, 5) is 32.0. The van der Waals surface area contributed by atoms with Crippen molar-refractivity contribution in [3.05, 3.63) is 101 Å². The fraction of sp³-hybridized carbons (Fsp3) is 0.115. The van der Waals surface area contributed by atoms with Crippen molar-refractivity contribution in [3.63, 3.8) is 0 Å². The number of aryl methyl sites for hydroxylation is 1. The molecule has 0 saturated heterocycles. The van der Waals surface area contributed by atoms with E-state index in [-0.39, 0.29) is 11.8 Å². The molecule has 1 N–H and O–H groups in total. The summed E-state index contributed by atoms with van der Waals surface area (Å²) in [6.45, 7) is 0.688. The molecule has 2 amide bonds. The molecule has 0 fully saturated rings. The van der Waals surface area contributed by atoms with E-state index < -0.39 is 0 Å². The van der Waals surface area contributed by atoms with E-state index >= 15 is 0 Å². The second kappa shape index (κ2) is 8.77. The molecule has 32 heavy (non-hydrogen) atoms. The molecule has 1 aliphatic rings. The summed E-state index contributed by atoms with van der Waals surface area (Å²) in [5, 5.41) is 5.54. The van der Waals surface area contributed by atoms with Crippen molar-refractivity contribution in [1.82, 2.24) is 4.98 Å². The van der Waals surface area contributed by atoms with Crippen molar-refractivity contribution in [2.24, 2.45) is 0 Å². The lowest BCUT2D eigenvalue weighted by Gasteiger charge is -2.30. The van der Waals surface area contributed by atoms with Crippen LogP contribution in [-0.4, -0.2) is 23.3 Å². The van der Waals surface area contributed by atoms with Crippen molar-refractivity contribution >= 4 is 34.5 Å². The van der Waals surface area contributed by atoms with Gasteiger partial charge in [0, 0.05) is 34.4 Å². The molecule has 0 unspecified atom stereocenters. The molecule has 158 valence electrons. The maximum Gasteiger partial charge on any atom is 0.275 e. The Hall–Kier alpha value is -3.77. The van der Waals surface area contributed by atoms with Gasteiger partial charge in [0.25, 0.3) is 11.8 Å². The Balaban J connectivity index is 1.34. The Morgan fingerprint density at radius 3 is 2.47 bits per heavy atom. The van der Waals surface area contributed by atoms with Gasteiger partial charge in [-0.2, -0.15) is 0 Å². The minimum Gasteiger partial charge on any atom is -0.321 e. The first kappa shape index (κ1) is 20.2. The van der Waals surface area contributed by atoms with E-state index in [0.29, 0.717) is 23.5 Å². The van der Waals surface area contributed by atoms with Crippen LogP contribution in [0.1, 0.15) is 32.8 Å². The molecule has 0 radical (unpaired) electrons. The quantitative estimate of drug-likeness (QED) is 0.447. The van der Waals surface area contributed by atoms with E-state index in [1.54, 1.807) is 5.38 Å². The smallest absolute Gasteiger partial charge is 0.275 e. The average Bonchev–Trinajstić information content (AvgIpc) is 3.35. The molecule has 4 aromatic rings. The van der Waals surface area contributed by atoms with Gasteiger partial charge >= 0.3 is 0 Å². The standard InChI is InChI=1S/C26H21N3O2S/c30-24(22-17-32-25(28-22)18-8-3-1-4-9-18)27-21-13-14-23-20(16-21)12-7-15-29(23)26(31)19-10-5-2-6-11-19/h1-6,8-11,13-14,16-17H,7,12,15H2,(H,27,30). The molecule has 0 saturated carbocycles. The van der Waals surface area contributed by atoms with Gasteiger partial charge in [-0.1, -0.05) is 48.5 Å². The molecular weight excluding hydrogens is 418 g/mol. The van der Waals surface area contributed by atoms with Gasteiger partial charge in [-0.15, -0.1) is 11.3 Å². The van der Waals surface area contributed by atoms with Crippen LogP contribution >= 0.6 is 11.3 Å². The fourth-order valence-electron chi connectivity index (χ4n) is 3.91. The number of nitrogens with zero attached hydrogens (tertiary/aromatic N) is 2. The third kappa shape index (κ3) is 4.05. The van der Waals surface area contributed by atoms with Crippen LogP contribution in [0.5, 0.6) is 0 Å². The summed E-state index contributed by atoms with van der Waals surface area (Å²) in [5.41, 5.74) is 4.73. The highest BCUT2D eigenvalue weighted by molar-refractivity contribution is 7.13. The number of hydrogen-bond donors (Lipinski definition) is 1. The number of benzene rings is 3. The molecule has 5 nitrogen and oxygen atoms in total. The molecule has 0 aliphatic carbocycles. The molecule has 5 rings (SSSR count). The van der Waals surface area contributed by atoms with Gasteiger partial charge in [0.2, 0.25) is 0 Å². The monoisotopic (exact) mass is 439 g/mol. The predicted molar refractivity (Wildman–Crippen MR) is 128 cm³/mol. The lowest BCUT2D eigenvalue weighted by molar-refractivity contribution is 0.0983. The van der Waals surface area contributed by atoms with E-state index in [1.807, 2.05) is 83.8 Å². The molecule has 0 atom stereocenters. The zero-order chi connectivity index (χ0) is 21.9. The number of fused-ring (bicyclic) bond motifs is 1. The van der Waals surface area contributed by atoms with Crippen molar-refractivity contribution in [1.29, 1.82) is 0 Å². The molecule has 1 aromatic heterocycles. The zero-order valence-corrected chi connectivity index (χ0v) is 18.1. The predicted octanol–water partition coefficient (Wildman–Crippen LogP) is 5.66. The summed E-state index contributed by atoms with van der Waals surface area (Å²) in [6.07, 6.45) is 1.75. The average molecular weight is 440 g/mol. The number of anilines is 2. The highest BCUT2D eigenvalue weighted by atomic mass is 32.1. The maximum atomic E-state index is 13.0. The van der Waals surface area contributed by atoms with Crippen LogP contribution < -0.4 is 10.2 Å². The summed E-state index contributed by atoms with van der Waals surface area (Å²) >= 11 is 1.45. The van der Waals surface area contributed by atoms with Crippen LogP contribution in [0.25, 0.3) is 10.6 Å². The maximum absolute atomic E-state index is 13.0. The molecule has 1 aliphatic heterocycles. The minimum absolute atomic E-state index is 0.000694. The van der Waals surface area contributed by atoms with Crippen LogP contribution in [0.15, 0.2) is 84.2 Å². The lowest BCUT2D eigenvalue weighted by Crippen LogP contribution is -2.35. The van der Waals surface area contributed by atoms with Gasteiger partial charge in [-0.25, -0.2) is 4.98 Å². The highest BCUT2D eigenvalue weighted by Gasteiger charge is 2.24. The molecule has 0 spiro atoms. The van der Waals surface area contributed by atoms with E-state index in [2.05, 4.69) is 10.3 Å². The third-order valence-corrected chi connectivity index (χ3v) is 6.37. The van der Waals surface area contributed by atoms with Gasteiger partial charge in [0.15, 0.2) is 0 Å². The third-order valence-electron chi connectivity index (χ3n) is 5.48. The topological polar surface area (TPSA) is 62.3 Å². The molecule has 2 heterocycles. The number of nitrogens with one attached hydrogen (secondary N) is 1. The lowest BCUT2D eigenvalue weighted by atomic mass is 10.00. The number of hydrogen-bond acceptors (Lipinski definition) is 4. The zero-order valence-electron chi connectivity index (χ0n) is 17.3. The number of amides is 2. The minimum atomic E-state index is -0.239. The van der Waals surface area contributed by atoms with Crippen molar-refractivity contribution in [2.45, 2.75) is 12.8 Å². The van der Waals surface area contributed by atoms with Gasteiger partial charge in [0.05, 0.1) is 0 Å². The first-order chi connectivity index (χ1) is 15.7. The van der Waals surface area contributed by atoms with E-state index in [9.17, 15) is 9.59 Å². The second-order valence-corrected chi connectivity index (χ2v) is 8.49. The van der Waals surface area contributed by atoms with Gasteiger partial charge in [-0.3, -0.25) is 9.59 Å². The van der Waals surface area contributed by atoms with Gasteiger partial charge in [-0.05, 0) is 48.7 Å². The molecule has 0 bridgehead atoms. The summed E-state index contributed by atoms with van der Waals surface area (Å²) in [6, 6.07) is 24.9. The van der Waals surface area contributed by atoms with Gasteiger partial charge < -0.3 is 10.2 Å². The Labute approximate surface area is 190 Å². The number of thiazole rings is 1. The number of aromatic nitrogens is 1. The van der Waals surface area contributed by atoms with Crippen molar-refractivity contribution in [2.75, 3.05) is 16.8 Å². The normalized spacial score (nSPS) is 12.8. The van der Waals surface area contributed by atoms with Crippen LogP contribution in [0.2, 0.25) is 0 Å². The fourth-order valence-corrected chi connectivity index (χ4v) is 4.72. The molecule has 3 aromatic carbocycles. The Kier molecular flexibility index (Phi) is 5.52. The Morgan fingerprint density at radius 2 is 1.69 bits per heavy atom. The summed E-state index contributed by atoms with van der Waals surface area (Å²) < 4.78 is 0. The van der Waals surface area contributed by atoms with E-state index in [4.69, 9.17) is 0 Å². The van der Waals surface area contributed by atoms with Crippen LogP contribution in [0.3, 0.4) is 0 Å².